The van der Waals surface area contributed by atoms with Crippen LogP contribution < -0.4 is 5.32 Å². The minimum atomic E-state index is -3.77. The Bertz CT molecular complexity index is 1310. The van der Waals surface area contributed by atoms with Crippen molar-refractivity contribution >= 4 is 38.1 Å². The molecule has 1 heterocycles. The molecule has 4 aromatic rings. The summed E-state index contributed by atoms with van der Waals surface area (Å²) >= 11 is 0. The topological polar surface area (TPSA) is 107 Å². The van der Waals surface area contributed by atoms with E-state index in [1.54, 1.807) is 67.6 Å². The van der Waals surface area contributed by atoms with Crippen LogP contribution in [0.5, 0.6) is 0 Å². The largest absolute Gasteiger partial charge is 0.355 e. The van der Waals surface area contributed by atoms with Gasteiger partial charge in [-0.2, -0.15) is 0 Å². The number of fused-ring (bicyclic) bond motifs is 1. The molecule has 0 amide bonds. The molecule has 146 valence electrons. The van der Waals surface area contributed by atoms with Gasteiger partial charge in [0.15, 0.2) is 0 Å². The molecule has 0 unspecified atom stereocenters. The summed E-state index contributed by atoms with van der Waals surface area (Å²) in [7, 11) is -3.77. The molecule has 0 atom stereocenters. The molecule has 29 heavy (non-hydrogen) atoms. The van der Waals surface area contributed by atoms with E-state index in [4.69, 9.17) is 0 Å². The molecule has 0 spiro atoms. The Balaban J connectivity index is 1.71. The normalized spacial score (nSPS) is 11.5. The molecule has 3 aromatic carbocycles. The number of nitro groups is 1. The van der Waals surface area contributed by atoms with Gasteiger partial charge in [0.05, 0.1) is 20.9 Å². The second-order valence-corrected chi connectivity index (χ2v) is 8.16. The summed E-state index contributed by atoms with van der Waals surface area (Å²) in [5.41, 5.74) is 2.36. The first-order valence-corrected chi connectivity index (χ1v) is 10.1. The number of non-ortho nitro benzene ring substituents is 1. The van der Waals surface area contributed by atoms with Crippen molar-refractivity contribution in [3.63, 3.8) is 0 Å². The molecule has 0 radical (unpaired) electrons. The molecular weight excluding hydrogens is 392 g/mol. The molecule has 0 saturated heterocycles. The monoisotopic (exact) mass is 408 g/mol. The van der Waals surface area contributed by atoms with Gasteiger partial charge in [-0.15, -0.1) is 0 Å². The first-order chi connectivity index (χ1) is 13.9. The third kappa shape index (κ3) is 3.43. The van der Waals surface area contributed by atoms with E-state index in [0.29, 0.717) is 28.2 Å². The molecule has 0 aliphatic heterocycles. The summed E-state index contributed by atoms with van der Waals surface area (Å²) in [4.78, 5) is 14.9. The molecule has 4 rings (SSSR count). The lowest BCUT2D eigenvalue weighted by molar-refractivity contribution is -0.384. The number of hydrogen-bond acceptors (Lipinski definition) is 6. The number of nitrogens with one attached hydrogen (secondary N) is 1. The van der Waals surface area contributed by atoms with Crippen LogP contribution in [0.1, 0.15) is 5.82 Å². The van der Waals surface area contributed by atoms with Crippen molar-refractivity contribution in [2.45, 2.75) is 11.8 Å². The van der Waals surface area contributed by atoms with Crippen LogP contribution in [0.3, 0.4) is 0 Å². The van der Waals surface area contributed by atoms with E-state index in [2.05, 4.69) is 10.3 Å². The molecule has 0 aliphatic carbocycles. The fourth-order valence-corrected chi connectivity index (χ4v) is 4.60. The number of aromatic nitrogens is 2. The molecule has 0 bridgehead atoms. The van der Waals surface area contributed by atoms with Gasteiger partial charge < -0.3 is 5.32 Å². The molecule has 1 aromatic heterocycles. The highest BCUT2D eigenvalue weighted by molar-refractivity contribution is 7.90. The molecule has 9 heteroatoms. The third-order valence-electron chi connectivity index (χ3n) is 4.42. The van der Waals surface area contributed by atoms with E-state index in [1.165, 1.54) is 16.1 Å². The lowest BCUT2D eigenvalue weighted by Gasteiger charge is -2.09. The summed E-state index contributed by atoms with van der Waals surface area (Å²) < 4.78 is 27.3. The van der Waals surface area contributed by atoms with E-state index >= 15 is 0 Å². The molecule has 1 N–H and O–H groups in total. The summed E-state index contributed by atoms with van der Waals surface area (Å²) in [6.45, 7) is 1.64. The van der Waals surface area contributed by atoms with Crippen LogP contribution >= 0.6 is 0 Å². The van der Waals surface area contributed by atoms with Gasteiger partial charge in [0.25, 0.3) is 15.7 Å². The van der Waals surface area contributed by atoms with Gasteiger partial charge in [-0.25, -0.2) is 17.4 Å². The molecular formula is C20H16N4O4S. The highest BCUT2D eigenvalue weighted by Gasteiger charge is 2.22. The Morgan fingerprint density at radius 3 is 2.28 bits per heavy atom. The zero-order valence-electron chi connectivity index (χ0n) is 15.3. The minimum absolute atomic E-state index is 0.00601. The van der Waals surface area contributed by atoms with Gasteiger partial charge in [-0.05, 0) is 49.4 Å². The van der Waals surface area contributed by atoms with E-state index < -0.39 is 14.9 Å². The first-order valence-electron chi connectivity index (χ1n) is 8.67. The maximum absolute atomic E-state index is 13.0. The third-order valence-corrected chi connectivity index (χ3v) is 6.23. The SMILES string of the molecule is Cc1nc2cc(Nc3ccc([N+](=O)[O-])cc3)ccc2n1S(=O)(=O)c1ccccc1. The number of hydrogen-bond donors (Lipinski definition) is 1. The quantitative estimate of drug-likeness (QED) is 0.391. The Morgan fingerprint density at radius 2 is 1.62 bits per heavy atom. The van der Waals surface area contributed by atoms with Crippen molar-refractivity contribution < 1.29 is 13.3 Å². The van der Waals surface area contributed by atoms with E-state index in [9.17, 15) is 18.5 Å². The van der Waals surface area contributed by atoms with Crippen LogP contribution in [0.15, 0.2) is 77.7 Å². The Kier molecular flexibility index (Phi) is 4.51. The van der Waals surface area contributed by atoms with Gasteiger partial charge in [-0.3, -0.25) is 10.1 Å². The van der Waals surface area contributed by atoms with Crippen LogP contribution in [-0.2, 0) is 10.0 Å². The predicted octanol–water partition coefficient (Wildman–Crippen LogP) is 4.23. The standard InChI is InChI=1S/C20H16N4O4S/c1-14-21-19-13-16(22-15-7-10-17(11-8-15)24(25)26)9-12-20(19)23(14)29(27,28)18-5-3-2-4-6-18/h2-13,22H,1H3. The molecule has 0 saturated carbocycles. The lowest BCUT2D eigenvalue weighted by atomic mass is 10.2. The number of nitrogens with zero attached hydrogens (tertiary/aromatic N) is 3. The maximum atomic E-state index is 13.0. The van der Waals surface area contributed by atoms with Gasteiger partial charge in [-0.1, -0.05) is 18.2 Å². The van der Waals surface area contributed by atoms with Gasteiger partial charge >= 0.3 is 0 Å². The van der Waals surface area contributed by atoms with Gasteiger partial charge in [0.2, 0.25) is 0 Å². The van der Waals surface area contributed by atoms with E-state index in [-0.39, 0.29) is 10.6 Å². The summed E-state index contributed by atoms with van der Waals surface area (Å²) in [6.07, 6.45) is 0. The second kappa shape index (κ2) is 7.02. The zero-order chi connectivity index (χ0) is 20.6. The average Bonchev–Trinajstić information content (AvgIpc) is 3.04. The maximum Gasteiger partial charge on any atom is 0.269 e. The second-order valence-electron chi connectivity index (χ2n) is 6.37. The van der Waals surface area contributed by atoms with Crippen LogP contribution in [0.4, 0.5) is 17.1 Å². The number of nitro benzene ring substituents is 1. The van der Waals surface area contributed by atoms with Crippen molar-refractivity contribution in [3.05, 3.63) is 88.7 Å². The van der Waals surface area contributed by atoms with Gasteiger partial charge in [0.1, 0.15) is 5.82 Å². The van der Waals surface area contributed by atoms with Crippen molar-refractivity contribution in [1.29, 1.82) is 0 Å². The lowest BCUT2D eigenvalue weighted by Crippen LogP contribution is -2.14. The van der Waals surface area contributed by atoms with Crippen molar-refractivity contribution in [1.82, 2.24) is 8.96 Å². The number of aryl methyl sites for hydroxylation is 1. The molecule has 8 nitrogen and oxygen atoms in total. The molecule has 0 fully saturated rings. The highest BCUT2D eigenvalue weighted by atomic mass is 32.2. The summed E-state index contributed by atoms with van der Waals surface area (Å²) in [6, 6.07) is 19.4. The van der Waals surface area contributed by atoms with Gasteiger partial charge in [0, 0.05) is 23.5 Å². The zero-order valence-corrected chi connectivity index (χ0v) is 16.1. The van der Waals surface area contributed by atoms with E-state index in [1.807, 2.05) is 0 Å². The van der Waals surface area contributed by atoms with Crippen LogP contribution in [0.2, 0.25) is 0 Å². The summed E-state index contributed by atoms with van der Waals surface area (Å²) in [5.74, 6) is 0.358. The Hall–Kier alpha value is -3.72. The van der Waals surface area contributed by atoms with Crippen LogP contribution in [0, 0.1) is 17.0 Å². The van der Waals surface area contributed by atoms with E-state index in [0.717, 1.165) is 0 Å². The molecule has 0 aliphatic rings. The minimum Gasteiger partial charge on any atom is -0.355 e. The van der Waals surface area contributed by atoms with Crippen molar-refractivity contribution in [3.8, 4) is 0 Å². The van der Waals surface area contributed by atoms with Crippen molar-refractivity contribution in [2.24, 2.45) is 0 Å². The summed E-state index contributed by atoms with van der Waals surface area (Å²) in [5, 5.41) is 13.9. The fourth-order valence-electron chi connectivity index (χ4n) is 3.09. The van der Waals surface area contributed by atoms with Crippen molar-refractivity contribution in [2.75, 3.05) is 5.32 Å². The predicted molar refractivity (Wildman–Crippen MR) is 110 cm³/mol. The number of benzene rings is 3. The first kappa shape index (κ1) is 18.6. The smallest absolute Gasteiger partial charge is 0.269 e. The average molecular weight is 408 g/mol. The Labute approximate surface area is 166 Å². The number of imidazole rings is 1. The Morgan fingerprint density at radius 1 is 0.966 bits per heavy atom. The fraction of sp³-hybridized carbons (Fsp3) is 0.0500. The number of rotatable bonds is 5. The van der Waals surface area contributed by atoms with Crippen LogP contribution in [-0.4, -0.2) is 22.3 Å². The number of anilines is 2. The highest BCUT2D eigenvalue weighted by Crippen LogP contribution is 2.27. The van der Waals surface area contributed by atoms with Crippen LogP contribution in [0.25, 0.3) is 11.0 Å².